The fraction of sp³-hybridized carbons (Fsp3) is 0.500. The Bertz CT molecular complexity index is 550. The average molecular weight is 298 g/mol. The number of anilines is 1. The van der Waals surface area contributed by atoms with Crippen LogP contribution in [0.2, 0.25) is 0 Å². The van der Waals surface area contributed by atoms with Gasteiger partial charge in [0.05, 0.1) is 5.75 Å². The molecule has 20 heavy (non-hydrogen) atoms. The van der Waals surface area contributed by atoms with Gasteiger partial charge in [-0.3, -0.25) is 0 Å². The Labute approximate surface area is 120 Å². The maximum Gasteiger partial charge on any atom is 0.319 e. The van der Waals surface area contributed by atoms with Gasteiger partial charge in [0.2, 0.25) is 0 Å². The Morgan fingerprint density at radius 1 is 1.15 bits per heavy atom. The third kappa shape index (κ3) is 6.06. The van der Waals surface area contributed by atoms with Crippen LogP contribution < -0.4 is 10.6 Å². The smallest absolute Gasteiger partial charge is 0.319 e. The van der Waals surface area contributed by atoms with E-state index in [0.29, 0.717) is 17.2 Å². The van der Waals surface area contributed by atoms with E-state index in [1.807, 2.05) is 20.8 Å². The van der Waals surface area contributed by atoms with E-state index in [0.717, 1.165) is 0 Å². The monoisotopic (exact) mass is 298 g/mol. The summed E-state index contributed by atoms with van der Waals surface area (Å²) in [6.07, 6.45) is 1.19. The molecule has 0 fully saturated rings. The molecule has 1 aromatic carbocycles. The number of hydrogen-bond donors (Lipinski definition) is 2. The van der Waals surface area contributed by atoms with E-state index in [1.165, 1.54) is 6.26 Å². The zero-order valence-electron chi connectivity index (χ0n) is 12.3. The summed E-state index contributed by atoms with van der Waals surface area (Å²) in [6.45, 7) is 6.01. The second kappa shape index (κ2) is 6.74. The first-order valence-electron chi connectivity index (χ1n) is 6.51. The Kier molecular flexibility index (Phi) is 5.56. The third-order valence-electron chi connectivity index (χ3n) is 3.00. The highest BCUT2D eigenvalue weighted by Gasteiger charge is 2.10. The number of carbonyl (C=O) groups is 1. The van der Waals surface area contributed by atoms with Crippen LogP contribution in [-0.4, -0.2) is 26.7 Å². The molecule has 1 atom stereocenters. The third-order valence-corrected chi connectivity index (χ3v) is 3.86. The zero-order valence-corrected chi connectivity index (χ0v) is 13.1. The van der Waals surface area contributed by atoms with E-state index in [1.54, 1.807) is 24.3 Å². The highest BCUT2D eigenvalue weighted by atomic mass is 32.2. The number of benzene rings is 1. The molecule has 0 aliphatic rings. The van der Waals surface area contributed by atoms with Gasteiger partial charge < -0.3 is 10.6 Å². The topological polar surface area (TPSA) is 75.3 Å². The quantitative estimate of drug-likeness (QED) is 0.876. The molecule has 5 nitrogen and oxygen atoms in total. The van der Waals surface area contributed by atoms with Crippen molar-refractivity contribution >= 4 is 21.6 Å². The SMILES string of the molecule is CC(C)[C@H](C)NC(=O)Nc1ccc(CS(C)(=O)=O)cc1. The van der Waals surface area contributed by atoms with Crippen molar-refractivity contribution in [2.45, 2.75) is 32.6 Å². The van der Waals surface area contributed by atoms with Crippen molar-refractivity contribution in [2.24, 2.45) is 5.92 Å². The average Bonchev–Trinajstić information content (AvgIpc) is 2.29. The van der Waals surface area contributed by atoms with Gasteiger partial charge in [0, 0.05) is 18.0 Å². The van der Waals surface area contributed by atoms with Crippen LogP contribution in [0.1, 0.15) is 26.3 Å². The molecule has 0 heterocycles. The first kappa shape index (κ1) is 16.5. The minimum atomic E-state index is -3.04. The highest BCUT2D eigenvalue weighted by Crippen LogP contribution is 2.12. The van der Waals surface area contributed by atoms with Gasteiger partial charge in [0.1, 0.15) is 0 Å². The van der Waals surface area contributed by atoms with Crippen LogP contribution in [0.3, 0.4) is 0 Å². The lowest BCUT2D eigenvalue weighted by atomic mass is 10.1. The maximum absolute atomic E-state index is 11.7. The summed E-state index contributed by atoms with van der Waals surface area (Å²) in [4.78, 5) is 11.7. The number of amides is 2. The number of rotatable bonds is 5. The van der Waals surface area contributed by atoms with Gasteiger partial charge in [0.25, 0.3) is 0 Å². The number of urea groups is 1. The van der Waals surface area contributed by atoms with E-state index < -0.39 is 9.84 Å². The molecule has 0 unspecified atom stereocenters. The van der Waals surface area contributed by atoms with Crippen LogP contribution in [0.25, 0.3) is 0 Å². The lowest BCUT2D eigenvalue weighted by molar-refractivity contribution is 0.246. The molecule has 0 saturated heterocycles. The summed E-state index contributed by atoms with van der Waals surface area (Å²) in [6, 6.07) is 6.60. The normalized spacial score (nSPS) is 13.1. The molecule has 0 aliphatic carbocycles. The summed E-state index contributed by atoms with van der Waals surface area (Å²) in [5, 5.41) is 5.55. The van der Waals surface area contributed by atoms with Gasteiger partial charge in [-0.15, -0.1) is 0 Å². The summed E-state index contributed by atoms with van der Waals surface area (Å²) >= 11 is 0. The summed E-state index contributed by atoms with van der Waals surface area (Å²) < 4.78 is 22.3. The molecule has 0 bridgehead atoms. The molecular formula is C14H22N2O3S. The second-order valence-corrected chi connectivity index (χ2v) is 7.54. The molecule has 1 aromatic rings. The van der Waals surface area contributed by atoms with Crippen molar-refractivity contribution in [1.29, 1.82) is 0 Å². The molecule has 0 aliphatic heterocycles. The molecule has 2 N–H and O–H groups in total. The Morgan fingerprint density at radius 2 is 1.70 bits per heavy atom. The van der Waals surface area contributed by atoms with Crippen molar-refractivity contribution in [3.63, 3.8) is 0 Å². The van der Waals surface area contributed by atoms with Gasteiger partial charge >= 0.3 is 6.03 Å². The van der Waals surface area contributed by atoms with Crippen molar-refractivity contribution in [1.82, 2.24) is 5.32 Å². The minimum Gasteiger partial charge on any atom is -0.335 e. The van der Waals surface area contributed by atoms with Crippen LogP contribution in [0.15, 0.2) is 24.3 Å². The Balaban J connectivity index is 2.59. The van der Waals surface area contributed by atoms with Crippen LogP contribution in [0.5, 0.6) is 0 Å². The molecule has 112 valence electrons. The van der Waals surface area contributed by atoms with Crippen LogP contribution in [-0.2, 0) is 15.6 Å². The van der Waals surface area contributed by atoms with Crippen LogP contribution >= 0.6 is 0 Å². The first-order valence-corrected chi connectivity index (χ1v) is 8.57. The Morgan fingerprint density at radius 3 is 2.15 bits per heavy atom. The lowest BCUT2D eigenvalue weighted by Gasteiger charge is -2.17. The van der Waals surface area contributed by atoms with E-state index in [2.05, 4.69) is 10.6 Å². The van der Waals surface area contributed by atoms with Crippen LogP contribution in [0.4, 0.5) is 10.5 Å². The van der Waals surface area contributed by atoms with Gasteiger partial charge in [-0.25, -0.2) is 13.2 Å². The highest BCUT2D eigenvalue weighted by molar-refractivity contribution is 7.89. The van der Waals surface area contributed by atoms with E-state index in [9.17, 15) is 13.2 Å². The summed E-state index contributed by atoms with van der Waals surface area (Å²) in [7, 11) is -3.04. The van der Waals surface area contributed by atoms with Crippen molar-refractivity contribution in [2.75, 3.05) is 11.6 Å². The van der Waals surface area contributed by atoms with Gasteiger partial charge in [-0.2, -0.15) is 0 Å². The molecule has 0 spiro atoms. The molecule has 0 aromatic heterocycles. The number of sulfone groups is 1. The van der Waals surface area contributed by atoms with Gasteiger partial charge in [-0.05, 0) is 30.5 Å². The molecule has 6 heteroatoms. The predicted molar refractivity (Wildman–Crippen MR) is 81.4 cm³/mol. The molecule has 2 amide bonds. The molecular weight excluding hydrogens is 276 g/mol. The zero-order chi connectivity index (χ0) is 15.3. The maximum atomic E-state index is 11.7. The summed E-state index contributed by atoms with van der Waals surface area (Å²) in [5.74, 6) is 0.363. The largest absolute Gasteiger partial charge is 0.335 e. The molecule has 0 radical (unpaired) electrons. The first-order chi connectivity index (χ1) is 9.17. The Hall–Kier alpha value is -1.56. The number of carbonyl (C=O) groups excluding carboxylic acids is 1. The van der Waals surface area contributed by atoms with Crippen molar-refractivity contribution < 1.29 is 13.2 Å². The summed E-state index contributed by atoms with van der Waals surface area (Å²) in [5.41, 5.74) is 1.34. The van der Waals surface area contributed by atoms with Crippen LogP contribution in [0, 0.1) is 5.92 Å². The predicted octanol–water partition coefficient (Wildman–Crippen LogP) is 2.40. The lowest BCUT2D eigenvalue weighted by Crippen LogP contribution is -2.38. The fourth-order valence-electron chi connectivity index (χ4n) is 1.53. The minimum absolute atomic E-state index is 0.00383. The van der Waals surface area contributed by atoms with E-state index in [-0.39, 0.29) is 17.8 Å². The number of nitrogens with one attached hydrogen (secondary N) is 2. The van der Waals surface area contributed by atoms with Crippen molar-refractivity contribution in [3.8, 4) is 0 Å². The molecule has 1 rings (SSSR count). The van der Waals surface area contributed by atoms with E-state index in [4.69, 9.17) is 0 Å². The fourth-order valence-corrected chi connectivity index (χ4v) is 2.33. The van der Waals surface area contributed by atoms with Crippen molar-refractivity contribution in [3.05, 3.63) is 29.8 Å². The van der Waals surface area contributed by atoms with Gasteiger partial charge in [-0.1, -0.05) is 26.0 Å². The van der Waals surface area contributed by atoms with E-state index >= 15 is 0 Å². The molecule has 0 saturated carbocycles. The number of hydrogen-bond acceptors (Lipinski definition) is 3. The second-order valence-electron chi connectivity index (χ2n) is 5.40. The van der Waals surface area contributed by atoms with Gasteiger partial charge in [0.15, 0.2) is 9.84 Å². The standard InChI is InChI=1S/C14H22N2O3S/c1-10(2)11(3)15-14(17)16-13-7-5-12(6-8-13)9-20(4,18)19/h5-8,10-11H,9H2,1-4H3,(H2,15,16,17)/t11-/m0/s1.